The molecule has 0 spiro atoms. The third-order valence-corrected chi connectivity index (χ3v) is 2.35. The van der Waals surface area contributed by atoms with Gasteiger partial charge in [-0.15, -0.1) is 0 Å². The molecule has 1 aromatic heterocycles. The van der Waals surface area contributed by atoms with Crippen LogP contribution >= 0.6 is 0 Å². The molecule has 0 radical (unpaired) electrons. The molecule has 0 aromatic carbocycles. The molecule has 0 bridgehead atoms. The Balaban J connectivity index is 2.09. The van der Waals surface area contributed by atoms with Crippen LogP contribution < -0.4 is 4.90 Å². The number of hydrogen-bond donors (Lipinski definition) is 0. The van der Waals surface area contributed by atoms with Gasteiger partial charge in [-0.2, -0.15) is 0 Å². The van der Waals surface area contributed by atoms with E-state index >= 15 is 0 Å². The van der Waals surface area contributed by atoms with E-state index in [1.54, 1.807) is 0 Å². The van der Waals surface area contributed by atoms with E-state index in [0.717, 1.165) is 13.1 Å². The Hall–Kier alpha value is -1.69. The zero-order chi connectivity index (χ0) is 11.4. The number of nitrogens with zero attached hydrogens (tertiary/aromatic N) is 3. The molecule has 1 fully saturated rings. The van der Waals surface area contributed by atoms with Gasteiger partial charge in [-0.05, 0) is 0 Å². The van der Waals surface area contributed by atoms with Gasteiger partial charge < -0.3 is 14.4 Å². The number of methoxy groups -OCH3 is 1. The first-order valence-electron chi connectivity index (χ1n) is 5.04. The lowest BCUT2D eigenvalue weighted by molar-refractivity contribution is 0.0599. The summed E-state index contributed by atoms with van der Waals surface area (Å²) in [4.78, 5) is 21.4. The normalized spacial score (nSPS) is 15.9. The van der Waals surface area contributed by atoms with Crippen LogP contribution in [0.4, 0.5) is 5.95 Å². The number of hydrogen-bond acceptors (Lipinski definition) is 6. The maximum Gasteiger partial charge on any atom is 0.341 e. The standard InChI is InChI=1S/C10H13N3O3/c1-15-9(14)8-6-11-10(12-7-8)13-2-4-16-5-3-13/h6-7H,2-5H2,1H3. The minimum Gasteiger partial charge on any atom is -0.465 e. The van der Waals surface area contributed by atoms with Gasteiger partial charge in [-0.3, -0.25) is 0 Å². The Labute approximate surface area is 93.2 Å². The van der Waals surface area contributed by atoms with Crippen molar-refractivity contribution < 1.29 is 14.3 Å². The van der Waals surface area contributed by atoms with E-state index in [4.69, 9.17) is 4.74 Å². The maximum atomic E-state index is 11.2. The van der Waals surface area contributed by atoms with Crippen molar-refractivity contribution in [2.24, 2.45) is 0 Å². The number of rotatable bonds is 2. The average Bonchev–Trinajstić information content (AvgIpc) is 2.39. The van der Waals surface area contributed by atoms with Gasteiger partial charge in [0, 0.05) is 25.5 Å². The third kappa shape index (κ3) is 2.27. The predicted molar refractivity (Wildman–Crippen MR) is 56.4 cm³/mol. The molecule has 1 aliphatic rings. The summed E-state index contributed by atoms with van der Waals surface area (Å²) in [6, 6.07) is 0. The lowest BCUT2D eigenvalue weighted by Crippen LogP contribution is -2.37. The quantitative estimate of drug-likeness (QED) is 0.662. The molecule has 6 heteroatoms. The highest BCUT2D eigenvalue weighted by molar-refractivity contribution is 5.88. The number of anilines is 1. The van der Waals surface area contributed by atoms with E-state index in [0.29, 0.717) is 24.7 Å². The summed E-state index contributed by atoms with van der Waals surface area (Å²) in [6.07, 6.45) is 2.95. The van der Waals surface area contributed by atoms with Gasteiger partial charge >= 0.3 is 5.97 Å². The van der Waals surface area contributed by atoms with Crippen LogP contribution in [0.2, 0.25) is 0 Å². The molecule has 0 saturated carbocycles. The van der Waals surface area contributed by atoms with E-state index in [-0.39, 0.29) is 0 Å². The van der Waals surface area contributed by atoms with Gasteiger partial charge in [0.15, 0.2) is 0 Å². The van der Waals surface area contributed by atoms with Gasteiger partial charge in [0.1, 0.15) is 0 Å². The first kappa shape index (κ1) is 10.8. The van der Waals surface area contributed by atoms with Crippen LogP contribution in [-0.4, -0.2) is 49.4 Å². The van der Waals surface area contributed by atoms with Crippen LogP contribution in [0.25, 0.3) is 0 Å². The van der Waals surface area contributed by atoms with E-state index in [1.165, 1.54) is 19.5 Å². The van der Waals surface area contributed by atoms with Crippen LogP contribution in [0.5, 0.6) is 0 Å². The second-order valence-corrected chi connectivity index (χ2v) is 3.36. The van der Waals surface area contributed by atoms with Crippen LogP contribution in [0.15, 0.2) is 12.4 Å². The van der Waals surface area contributed by atoms with E-state index in [9.17, 15) is 4.79 Å². The van der Waals surface area contributed by atoms with Crippen molar-refractivity contribution in [3.63, 3.8) is 0 Å². The molecule has 0 atom stereocenters. The maximum absolute atomic E-state index is 11.2. The second kappa shape index (κ2) is 4.89. The number of aromatic nitrogens is 2. The zero-order valence-electron chi connectivity index (χ0n) is 9.05. The van der Waals surface area contributed by atoms with Crippen molar-refractivity contribution in [3.05, 3.63) is 18.0 Å². The van der Waals surface area contributed by atoms with Crippen molar-refractivity contribution >= 4 is 11.9 Å². The molecule has 1 saturated heterocycles. The molecule has 0 aliphatic carbocycles. The van der Waals surface area contributed by atoms with Crippen molar-refractivity contribution in [1.82, 2.24) is 9.97 Å². The summed E-state index contributed by atoms with van der Waals surface area (Å²) >= 11 is 0. The highest BCUT2D eigenvalue weighted by Crippen LogP contribution is 2.09. The van der Waals surface area contributed by atoms with E-state index in [2.05, 4.69) is 14.7 Å². The monoisotopic (exact) mass is 223 g/mol. The minimum absolute atomic E-state index is 0.361. The summed E-state index contributed by atoms with van der Waals surface area (Å²) in [6.45, 7) is 2.92. The van der Waals surface area contributed by atoms with Gasteiger partial charge in [-0.25, -0.2) is 14.8 Å². The fourth-order valence-electron chi connectivity index (χ4n) is 1.47. The second-order valence-electron chi connectivity index (χ2n) is 3.36. The Morgan fingerprint density at radius 2 is 2.00 bits per heavy atom. The molecule has 2 heterocycles. The van der Waals surface area contributed by atoms with Gasteiger partial charge in [0.05, 0.1) is 25.9 Å². The molecule has 86 valence electrons. The summed E-state index contributed by atoms with van der Waals surface area (Å²) in [5.74, 6) is 0.199. The Kier molecular flexibility index (Phi) is 3.31. The molecule has 1 aliphatic heterocycles. The lowest BCUT2D eigenvalue weighted by atomic mass is 10.3. The van der Waals surface area contributed by atoms with Crippen molar-refractivity contribution in [2.45, 2.75) is 0 Å². The molecular formula is C10H13N3O3. The molecular weight excluding hydrogens is 210 g/mol. The van der Waals surface area contributed by atoms with Crippen molar-refractivity contribution in [2.75, 3.05) is 38.3 Å². The summed E-state index contributed by atoms with van der Waals surface area (Å²) in [5.41, 5.74) is 0.361. The van der Waals surface area contributed by atoms with Crippen LogP contribution in [0.1, 0.15) is 10.4 Å². The predicted octanol–water partition coefficient (Wildman–Crippen LogP) is 0.0998. The van der Waals surface area contributed by atoms with Gasteiger partial charge in [0.25, 0.3) is 0 Å². The first-order valence-corrected chi connectivity index (χ1v) is 5.04. The van der Waals surface area contributed by atoms with Gasteiger partial charge in [-0.1, -0.05) is 0 Å². The first-order chi connectivity index (χ1) is 7.81. The number of esters is 1. The largest absolute Gasteiger partial charge is 0.465 e. The molecule has 1 aromatic rings. The third-order valence-electron chi connectivity index (χ3n) is 2.35. The zero-order valence-corrected chi connectivity index (χ0v) is 9.05. The Morgan fingerprint density at radius 3 is 2.56 bits per heavy atom. The molecule has 0 N–H and O–H groups in total. The topological polar surface area (TPSA) is 64.5 Å². The van der Waals surface area contributed by atoms with Crippen LogP contribution in [-0.2, 0) is 9.47 Å². The van der Waals surface area contributed by atoms with Crippen LogP contribution in [0.3, 0.4) is 0 Å². The SMILES string of the molecule is COC(=O)c1cnc(N2CCOCC2)nc1. The summed E-state index contributed by atoms with van der Waals surface area (Å²) in [5, 5.41) is 0. The highest BCUT2D eigenvalue weighted by Gasteiger charge is 2.14. The van der Waals surface area contributed by atoms with Crippen molar-refractivity contribution in [3.8, 4) is 0 Å². The van der Waals surface area contributed by atoms with E-state index in [1.807, 2.05) is 4.90 Å². The fourth-order valence-corrected chi connectivity index (χ4v) is 1.47. The number of carbonyl (C=O) groups excluding carboxylic acids is 1. The fraction of sp³-hybridized carbons (Fsp3) is 0.500. The van der Waals surface area contributed by atoms with Crippen molar-refractivity contribution in [1.29, 1.82) is 0 Å². The Bertz CT molecular complexity index is 360. The molecule has 16 heavy (non-hydrogen) atoms. The van der Waals surface area contributed by atoms with Gasteiger partial charge in [0.2, 0.25) is 5.95 Å². The summed E-state index contributed by atoms with van der Waals surface area (Å²) < 4.78 is 9.80. The molecule has 2 rings (SSSR count). The summed E-state index contributed by atoms with van der Waals surface area (Å²) in [7, 11) is 1.33. The highest BCUT2D eigenvalue weighted by atomic mass is 16.5. The van der Waals surface area contributed by atoms with E-state index < -0.39 is 5.97 Å². The molecule has 0 unspecified atom stereocenters. The number of ether oxygens (including phenoxy) is 2. The molecule has 0 amide bonds. The molecule has 6 nitrogen and oxygen atoms in total. The Morgan fingerprint density at radius 1 is 1.38 bits per heavy atom. The average molecular weight is 223 g/mol. The van der Waals surface area contributed by atoms with Crippen LogP contribution in [0, 0.1) is 0 Å². The number of morpholine rings is 1. The minimum atomic E-state index is -0.423. The number of carbonyl (C=O) groups is 1. The lowest BCUT2D eigenvalue weighted by Gasteiger charge is -2.26. The smallest absolute Gasteiger partial charge is 0.341 e.